The molecular formula is C24H21FN2O4S. The van der Waals surface area contributed by atoms with Crippen LogP contribution in [0.25, 0.3) is 6.08 Å². The molecule has 0 N–H and O–H groups in total. The first-order valence-corrected chi connectivity index (χ1v) is 10.8. The third-order valence-electron chi connectivity index (χ3n) is 5.07. The maximum absolute atomic E-state index is 13.6. The highest BCUT2D eigenvalue weighted by Crippen LogP contribution is 2.32. The van der Waals surface area contributed by atoms with Gasteiger partial charge in [0.25, 0.3) is 5.56 Å². The number of rotatable bonds is 5. The predicted octanol–water partition coefficient (Wildman–Crippen LogP) is 2.95. The number of benzene rings is 2. The van der Waals surface area contributed by atoms with Crippen LogP contribution < -0.4 is 19.6 Å². The van der Waals surface area contributed by atoms with Crippen LogP contribution in [0.5, 0.6) is 5.75 Å². The number of fused-ring (bicyclic) bond motifs is 1. The van der Waals surface area contributed by atoms with Crippen LogP contribution in [0.3, 0.4) is 0 Å². The Hall–Kier alpha value is -3.52. The minimum atomic E-state index is -0.727. The Morgan fingerprint density at radius 2 is 2.03 bits per heavy atom. The second-order valence-corrected chi connectivity index (χ2v) is 8.14. The van der Waals surface area contributed by atoms with Gasteiger partial charge < -0.3 is 9.47 Å². The number of ether oxygens (including phenoxy) is 2. The van der Waals surface area contributed by atoms with Crippen molar-refractivity contribution in [1.82, 2.24) is 4.57 Å². The fourth-order valence-electron chi connectivity index (χ4n) is 3.67. The van der Waals surface area contributed by atoms with Crippen LogP contribution in [0.2, 0.25) is 0 Å². The van der Waals surface area contributed by atoms with E-state index in [9.17, 15) is 14.0 Å². The van der Waals surface area contributed by atoms with E-state index in [2.05, 4.69) is 4.99 Å². The van der Waals surface area contributed by atoms with Crippen LogP contribution in [0.15, 0.2) is 69.6 Å². The smallest absolute Gasteiger partial charge is 0.338 e. The molecule has 0 bridgehead atoms. The topological polar surface area (TPSA) is 69.9 Å². The Bertz CT molecular complexity index is 1400. The first kappa shape index (κ1) is 21.7. The van der Waals surface area contributed by atoms with Crippen LogP contribution in [0, 0.1) is 5.82 Å². The summed E-state index contributed by atoms with van der Waals surface area (Å²) in [5.74, 6) is -0.315. The number of methoxy groups -OCH3 is 1. The van der Waals surface area contributed by atoms with E-state index in [1.165, 1.54) is 28.0 Å². The molecule has 0 saturated heterocycles. The SMILES string of the molecule is CCOC(=O)C1=C(C)N=c2s/c(=C\c3cccc(F)c3)c(=O)n2[C@@H]1c1cccc(OC)c1. The van der Waals surface area contributed by atoms with Gasteiger partial charge in [0.05, 0.1) is 35.6 Å². The first-order valence-electron chi connectivity index (χ1n) is 10.0. The van der Waals surface area contributed by atoms with E-state index in [0.29, 0.717) is 37.5 Å². The van der Waals surface area contributed by atoms with E-state index in [4.69, 9.17) is 9.47 Å². The van der Waals surface area contributed by atoms with Gasteiger partial charge in [0, 0.05) is 0 Å². The summed E-state index contributed by atoms with van der Waals surface area (Å²) in [6.07, 6.45) is 1.62. The molecule has 0 saturated carbocycles. The van der Waals surface area contributed by atoms with E-state index >= 15 is 0 Å². The lowest BCUT2D eigenvalue weighted by Crippen LogP contribution is -2.39. The number of carbonyl (C=O) groups excluding carboxylic acids is 1. The van der Waals surface area contributed by atoms with E-state index in [-0.39, 0.29) is 18.0 Å². The molecule has 1 atom stereocenters. The summed E-state index contributed by atoms with van der Waals surface area (Å²) in [6, 6.07) is 12.5. The Labute approximate surface area is 187 Å². The summed E-state index contributed by atoms with van der Waals surface area (Å²) >= 11 is 1.19. The fraction of sp³-hybridized carbons (Fsp3) is 0.208. The number of thiazole rings is 1. The molecule has 3 aromatic rings. The van der Waals surface area contributed by atoms with Gasteiger partial charge in [-0.2, -0.15) is 0 Å². The highest BCUT2D eigenvalue weighted by Gasteiger charge is 2.33. The van der Waals surface area contributed by atoms with Gasteiger partial charge in [-0.05, 0) is 55.3 Å². The van der Waals surface area contributed by atoms with Crippen molar-refractivity contribution in [1.29, 1.82) is 0 Å². The van der Waals surface area contributed by atoms with Crippen molar-refractivity contribution in [2.24, 2.45) is 4.99 Å². The zero-order chi connectivity index (χ0) is 22.8. The Morgan fingerprint density at radius 1 is 1.25 bits per heavy atom. The third-order valence-corrected chi connectivity index (χ3v) is 6.06. The van der Waals surface area contributed by atoms with Crippen LogP contribution in [-0.2, 0) is 9.53 Å². The average Bonchev–Trinajstić information content (AvgIpc) is 3.07. The average molecular weight is 453 g/mol. The molecule has 1 aliphatic heterocycles. The van der Waals surface area contributed by atoms with Crippen LogP contribution in [0.4, 0.5) is 4.39 Å². The van der Waals surface area contributed by atoms with E-state index in [1.807, 2.05) is 6.07 Å². The van der Waals surface area contributed by atoms with Crippen molar-refractivity contribution < 1.29 is 18.7 Å². The maximum Gasteiger partial charge on any atom is 0.338 e. The fourth-order valence-corrected chi connectivity index (χ4v) is 4.71. The second kappa shape index (κ2) is 8.92. The Morgan fingerprint density at radius 3 is 2.75 bits per heavy atom. The standard InChI is InChI=1S/C24H21FN2O4S/c1-4-31-23(29)20-14(2)26-24-27(21(20)16-8-6-10-18(13-16)30-3)22(28)19(32-24)12-15-7-5-9-17(25)11-15/h5-13,21H,4H2,1-3H3/b19-12-/t21-/m1/s1. The molecule has 164 valence electrons. The van der Waals surface area contributed by atoms with Gasteiger partial charge >= 0.3 is 5.97 Å². The predicted molar refractivity (Wildman–Crippen MR) is 120 cm³/mol. The number of carbonyl (C=O) groups is 1. The summed E-state index contributed by atoms with van der Waals surface area (Å²) < 4.78 is 26.1. The lowest BCUT2D eigenvalue weighted by Gasteiger charge is -2.25. The highest BCUT2D eigenvalue weighted by molar-refractivity contribution is 7.07. The molecule has 4 rings (SSSR count). The number of nitrogens with zero attached hydrogens (tertiary/aromatic N) is 2. The molecule has 0 fully saturated rings. The largest absolute Gasteiger partial charge is 0.497 e. The molecule has 0 amide bonds. The molecule has 0 aliphatic carbocycles. The number of hydrogen-bond acceptors (Lipinski definition) is 6. The van der Waals surface area contributed by atoms with Gasteiger partial charge in [-0.1, -0.05) is 35.6 Å². The van der Waals surface area contributed by atoms with Gasteiger partial charge in [-0.3, -0.25) is 9.36 Å². The minimum Gasteiger partial charge on any atom is -0.497 e. The van der Waals surface area contributed by atoms with Crippen molar-refractivity contribution in [2.75, 3.05) is 13.7 Å². The Kier molecular flexibility index (Phi) is 6.05. The zero-order valence-electron chi connectivity index (χ0n) is 17.8. The number of halogens is 1. The highest BCUT2D eigenvalue weighted by atomic mass is 32.1. The lowest BCUT2D eigenvalue weighted by atomic mass is 9.95. The molecule has 2 aromatic carbocycles. The molecule has 2 heterocycles. The molecule has 1 aromatic heterocycles. The number of esters is 1. The zero-order valence-corrected chi connectivity index (χ0v) is 18.6. The quantitative estimate of drug-likeness (QED) is 0.558. The molecule has 0 spiro atoms. The van der Waals surface area contributed by atoms with E-state index in [0.717, 1.165) is 0 Å². The molecule has 0 radical (unpaired) electrons. The summed E-state index contributed by atoms with van der Waals surface area (Å²) in [6.45, 7) is 3.65. The third kappa shape index (κ3) is 4.01. The number of aromatic nitrogens is 1. The van der Waals surface area contributed by atoms with Gasteiger partial charge in [0.2, 0.25) is 0 Å². The maximum atomic E-state index is 13.6. The Balaban J connectivity index is 1.97. The molecule has 6 nitrogen and oxygen atoms in total. The van der Waals surface area contributed by atoms with Crippen LogP contribution >= 0.6 is 11.3 Å². The first-order chi connectivity index (χ1) is 15.4. The minimum absolute atomic E-state index is 0.199. The van der Waals surface area contributed by atoms with E-state index < -0.39 is 12.0 Å². The van der Waals surface area contributed by atoms with Crippen molar-refractivity contribution in [2.45, 2.75) is 19.9 Å². The van der Waals surface area contributed by atoms with Gasteiger partial charge in [0.15, 0.2) is 4.80 Å². The van der Waals surface area contributed by atoms with Crippen LogP contribution in [0.1, 0.15) is 31.0 Å². The molecule has 1 aliphatic rings. The molecular weight excluding hydrogens is 431 g/mol. The van der Waals surface area contributed by atoms with Crippen molar-refractivity contribution >= 4 is 23.4 Å². The molecule has 32 heavy (non-hydrogen) atoms. The molecule has 8 heteroatoms. The normalized spacial score (nSPS) is 15.9. The number of allylic oxidation sites excluding steroid dienone is 1. The van der Waals surface area contributed by atoms with E-state index in [1.54, 1.807) is 57.4 Å². The lowest BCUT2D eigenvalue weighted by molar-refractivity contribution is -0.139. The molecule has 0 unspecified atom stereocenters. The van der Waals surface area contributed by atoms with Gasteiger partial charge in [-0.15, -0.1) is 0 Å². The summed E-state index contributed by atoms with van der Waals surface area (Å²) in [4.78, 5) is 31.3. The monoisotopic (exact) mass is 452 g/mol. The van der Waals surface area contributed by atoms with Crippen molar-refractivity contribution in [3.63, 3.8) is 0 Å². The summed E-state index contributed by atoms with van der Waals surface area (Å²) in [7, 11) is 1.55. The van der Waals surface area contributed by atoms with Gasteiger partial charge in [-0.25, -0.2) is 14.2 Å². The number of hydrogen-bond donors (Lipinski definition) is 0. The summed E-state index contributed by atoms with van der Waals surface area (Å²) in [5.41, 5.74) is 1.72. The van der Waals surface area contributed by atoms with Crippen molar-refractivity contribution in [3.8, 4) is 5.75 Å². The summed E-state index contributed by atoms with van der Waals surface area (Å²) in [5, 5.41) is 0. The van der Waals surface area contributed by atoms with Gasteiger partial charge in [0.1, 0.15) is 11.6 Å². The van der Waals surface area contributed by atoms with Crippen molar-refractivity contribution in [3.05, 3.63) is 96.4 Å². The second-order valence-electron chi connectivity index (χ2n) is 7.13. The van der Waals surface area contributed by atoms with Crippen LogP contribution in [-0.4, -0.2) is 24.3 Å².